The highest BCUT2D eigenvalue weighted by Crippen LogP contribution is 2.24. The molecule has 0 bridgehead atoms. The predicted octanol–water partition coefficient (Wildman–Crippen LogP) is 2.53. The summed E-state index contributed by atoms with van der Waals surface area (Å²) in [4.78, 5) is 13.5. The first-order valence-electron chi connectivity index (χ1n) is 9.21. The molecule has 0 aliphatic carbocycles. The monoisotopic (exact) mass is 459 g/mol. The maximum Gasteiger partial charge on any atom is 0.573 e. The highest BCUT2D eigenvalue weighted by Gasteiger charge is 2.34. The second kappa shape index (κ2) is 9.12. The normalized spacial score (nSPS) is 19.7. The molecule has 0 spiro atoms. The van der Waals surface area contributed by atoms with Gasteiger partial charge in [0.1, 0.15) is 5.75 Å². The minimum atomic E-state index is -4.89. The van der Waals surface area contributed by atoms with Crippen molar-refractivity contribution in [2.75, 3.05) is 18.4 Å². The van der Waals surface area contributed by atoms with Crippen LogP contribution >= 0.6 is 0 Å². The molecule has 31 heavy (non-hydrogen) atoms. The zero-order chi connectivity index (χ0) is 22.6. The number of halogens is 3. The Morgan fingerprint density at radius 2 is 1.74 bits per heavy atom. The number of ether oxygens (including phenoxy) is 1. The molecule has 2 atom stereocenters. The Labute approximate surface area is 176 Å². The number of likely N-dealkylation sites (tertiary alicyclic amines) is 1. The number of rotatable bonds is 5. The van der Waals surface area contributed by atoms with Gasteiger partial charge in [-0.25, -0.2) is 17.9 Å². The highest BCUT2D eigenvalue weighted by atomic mass is 32.2. The summed E-state index contributed by atoms with van der Waals surface area (Å²) in [5.41, 5.74) is 0.567. The number of piperidine rings is 1. The first-order valence-corrected chi connectivity index (χ1v) is 10.7. The summed E-state index contributed by atoms with van der Waals surface area (Å²) in [6.07, 6.45) is -5.79. The van der Waals surface area contributed by atoms with Crippen molar-refractivity contribution in [1.29, 1.82) is 0 Å². The van der Waals surface area contributed by atoms with Gasteiger partial charge in [-0.3, -0.25) is 0 Å². The third-order valence-corrected chi connectivity index (χ3v) is 6.07. The average Bonchev–Trinajstić information content (AvgIpc) is 2.69. The molecule has 3 rings (SSSR count). The zero-order valence-electron chi connectivity index (χ0n) is 16.0. The number of anilines is 1. The number of amides is 2. The van der Waals surface area contributed by atoms with Crippen molar-refractivity contribution in [3.05, 3.63) is 54.6 Å². The Morgan fingerprint density at radius 3 is 2.35 bits per heavy atom. The van der Waals surface area contributed by atoms with E-state index in [-0.39, 0.29) is 24.4 Å². The maximum atomic E-state index is 12.6. The number of carbonyl (C=O) groups excluding carboxylic acids is 1. The number of aliphatic hydroxyl groups excluding tert-OH is 1. The molecule has 0 aromatic heterocycles. The van der Waals surface area contributed by atoms with Crippen LogP contribution in [0.15, 0.2) is 59.5 Å². The number of hydrogen-bond donors (Lipinski definition) is 3. The summed E-state index contributed by atoms with van der Waals surface area (Å²) >= 11 is 0. The van der Waals surface area contributed by atoms with Crippen LogP contribution in [0.2, 0.25) is 0 Å². The molecule has 1 saturated heterocycles. The summed E-state index contributed by atoms with van der Waals surface area (Å²) in [6, 6.07) is 10.9. The fraction of sp³-hybridized carbons (Fsp3) is 0.316. The molecule has 2 aromatic rings. The van der Waals surface area contributed by atoms with Crippen molar-refractivity contribution >= 4 is 21.7 Å². The van der Waals surface area contributed by atoms with Gasteiger partial charge in [0, 0.05) is 18.8 Å². The van der Waals surface area contributed by atoms with Crippen LogP contribution in [0.5, 0.6) is 5.75 Å². The van der Waals surface area contributed by atoms with E-state index in [1.54, 1.807) is 30.3 Å². The van der Waals surface area contributed by atoms with Gasteiger partial charge >= 0.3 is 12.4 Å². The zero-order valence-corrected chi connectivity index (χ0v) is 16.9. The van der Waals surface area contributed by atoms with E-state index in [1.165, 1.54) is 4.90 Å². The Hall–Kier alpha value is -2.83. The highest BCUT2D eigenvalue weighted by molar-refractivity contribution is 7.89. The molecule has 0 saturated carbocycles. The molecule has 3 N–H and O–H groups in total. The summed E-state index contributed by atoms with van der Waals surface area (Å²) in [5, 5.41) is 12.9. The van der Waals surface area contributed by atoms with E-state index in [2.05, 4.69) is 14.8 Å². The van der Waals surface area contributed by atoms with Gasteiger partial charge in [0.2, 0.25) is 10.0 Å². The first-order chi connectivity index (χ1) is 14.5. The fourth-order valence-electron chi connectivity index (χ4n) is 3.05. The Balaban J connectivity index is 1.66. The summed E-state index contributed by atoms with van der Waals surface area (Å²) < 4.78 is 68.0. The van der Waals surface area contributed by atoms with Gasteiger partial charge in [-0.2, -0.15) is 0 Å². The number of para-hydroxylation sites is 1. The van der Waals surface area contributed by atoms with E-state index < -0.39 is 40.3 Å². The van der Waals surface area contributed by atoms with Crippen molar-refractivity contribution in [1.82, 2.24) is 9.62 Å². The largest absolute Gasteiger partial charge is 0.573 e. The SMILES string of the molecule is O=C(Nc1ccccc1)N1CC[C@@H](O)C(NS(=O)(=O)c2ccc(OC(F)(F)F)cc2)C1. The standard InChI is InChI=1S/C19H20F3N3O5S/c20-19(21,22)30-14-6-8-15(9-7-14)31(28,29)24-16-12-25(11-10-17(16)26)18(27)23-13-4-2-1-3-5-13/h1-9,16-17,24,26H,10-12H2,(H,23,27)/t16?,17-/m1/s1. The minimum absolute atomic E-state index is 0.0890. The van der Waals surface area contributed by atoms with Crippen LogP contribution in [0, 0.1) is 0 Å². The van der Waals surface area contributed by atoms with Crippen molar-refractivity contribution in [3.63, 3.8) is 0 Å². The second-order valence-electron chi connectivity index (χ2n) is 6.85. The molecule has 2 amide bonds. The summed E-state index contributed by atoms with van der Waals surface area (Å²) in [7, 11) is -4.17. The smallest absolute Gasteiger partial charge is 0.406 e. The lowest BCUT2D eigenvalue weighted by atomic mass is 10.0. The van der Waals surface area contributed by atoms with Crippen molar-refractivity contribution in [3.8, 4) is 5.75 Å². The third kappa shape index (κ3) is 6.32. The topological polar surface area (TPSA) is 108 Å². The average molecular weight is 459 g/mol. The van der Waals surface area contributed by atoms with Gasteiger partial charge in [0.05, 0.1) is 17.0 Å². The van der Waals surface area contributed by atoms with Gasteiger partial charge in [-0.05, 0) is 42.8 Å². The molecule has 1 unspecified atom stereocenters. The van der Waals surface area contributed by atoms with E-state index in [1.807, 2.05) is 0 Å². The molecule has 1 heterocycles. The number of nitrogens with one attached hydrogen (secondary N) is 2. The van der Waals surface area contributed by atoms with E-state index in [4.69, 9.17) is 0 Å². The molecule has 168 valence electrons. The first kappa shape index (κ1) is 22.8. The van der Waals surface area contributed by atoms with Crippen molar-refractivity contribution in [2.24, 2.45) is 0 Å². The van der Waals surface area contributed by atoms with Gasteiger partial charge in [0.15, 0.2) is 0 Å². The van der Waals surface area contributed by atoms with Crippen LogP contribution < -0.4 is 14.8 Å². The van der Waals surface area contributed by atoms with Gasteiger partial charge in [0.25, 0.3) is 0 Å². The molecule has 8 nitrogen and oxygen atoms in total. The summed E-state index contributed by atoms with van der Waals surface area (Å²) in [6.45, 7) is 0.135. The summed E-state index contributed by atoms with van der Waals surface area (Å²) in [5.74, 6) is -0.562. The Bertz CT molecular complexity index is 1000. The maximum absolute atomic E-state index is 12.6. The van der Waals surface area contributed by atoms with Crippen LogP contribution in [0.25, 0.3) is 0 Å². The Morgan fingerprint density at radius 1 is 1.10 bits per heavy atom. The van der Waals surface area contributed by atoms with E-state index in [9.17, 15) is 31.5 Å². The van der Waals surface area contributed by atoms with Crippen LogP contribution in [-0.4, -0.2) is 56.1 Å². The molecule has 0 radical (unpaired) electrons. The minimum Gasteiger partial charge on any atom is -0.406 e. The number of urea groups is 1. The van der Waals surface area contributed by atoms with Crippen LogP contribution in [0.3, 0.4) is 0 Å². The Kier molecular flexibility index (Phi) is 6.72. The van der Waals surface area contributed by atoms with E-state index >= 15 is 0 Å². The number of nitrogens with zero attached hydrogens (tertiary/aromatic N) is 1. The molecular formula is C19H20F3N3O5S. The number of carbonyl (C=O) groups is 1. The van der Waals surface area contributed by atoms with Crippen molar-refractivity contribution in [2.45, 2.75) is 29.8 Å². The predicted molar refractivity (Wildman–Crippen MR) is 105 cm³/mol. The molecular weight excluding hydrogens is 439 g/mol. The number of hydrogen-bond acceptors (Lipinski definition) is 5. The second-order valence-corrected chi connectivity index (χ2v) is 8.56. The van der Waals surface area contributed by atoms with E-state index in [0.717, 1.165) is 24.3 Å². The molecule has 1 aliphatic heterocycles. The van der Waals surface area contributed by atoms with Gasteiger partial charge in [-0.15, -0.1) is 13.2 Å². The van der Waals surface area contributed by atoms with Gasteiger partial charge < -0.3 is 20.1 Å². The number of aliphatic hydroxyl groups is 1. The van der Waals surface area contributed by atoms with Gasteiger partial charge in [-0.1, -0.05) is 18.2 Å². The number of sulfonamides is 1. The fourth-order valence-corrected chi connectivity index (χ4v) is 4.31. The van der Waals surface area contributed by atoms with Crippen LogP contribution in [0.4, 0.5) is 23.7 Å². The number of benzene rings is 2. The molecule has 12 heteroatoms. The molecule has 2 aromatic carbocycles. The van der Waals surface area contributed by atoms with E-state index in [0.29, 0.717) is 5.69 Å². The lowest BCUT2D eigenvalue weighted by Gasteiger charge is -2.36. The third-order valence-electron chi connectivity index (χ3n) is 4.56. The van der Waals surface area contributed by atoms with Crippen LogP contribution in [0.1, 0.15) is 6.42 Å². The number of alkyl halides is 3. The van der Waals surface area contributed by atoms with Crippen molar-refractivity contribution < 1.29 is 36.2 Å². The quantitative estimate of drug-likeness (QED) is 0.637. The lowest BCUT2D eigenvalue weighted by molar-refractivity contribution is -0.274. The lowest BCUT2D eigenvalue weighted by Crippen LogP contribution is -2.57. The van der Waals surface area contributed by atoms with Crippen LogP contribution in [-0.2, 0) is 10.0 Å². The molecule has 1 fully saturated rings. The molecule has 1 aliphatic rings.